The molecule has 0 bridgehead atoms. The van der Waals surface area contributed by atoms with Gasteiger partial charge in [0.05, 0.1) is 0 Å². The molecule has 94 valence electrons. The van der Waals surface area contributed by atoms with Gasteiger partial charge in [-0.3, -0.25) is 4.79 Å². The summed E-state index contributed by atoms with van der Waals surface area (Å²) in [5, 5.41) is 3.07. The van der Waals surface area contributed by atoms with E-state index in [1.807, 2.05) is 13.0 Å². The minimum absolute atomic E-state index is 0.0401. The molecule has 4 heteroatoms. The van der Waals surface area contributed by atoms with Gasteiger partial charge in [-0.1, -0.05) is 26.0 Å². The van der Waals surface area contributed by atoms with Gasteiger partial charge < -0.3 is 9.88 Å². The number of nitrogens with zero attached hydrogens (tertiary/aromatic N) is 2. The third-order valence-corrected chi connectivity index (χ3v) is 2.31. The Morgan fingerprint density at radius 2 is 2.29 bits per heavy atom. The van der Waals surface area contributed by atoms with Gasteiger partial charge in [0.25, 0.3) is 5.56 Å². The molecule has 1 aromatic rings. The molecule has 1 rings (SSSR count). The summed E-state index contributed by atoms with van der Waals surface area (Å²) < 4.78 is 1.70. The maximum atomic E-state index is 12.0. The lowest BCUT2D eigenvalue weighted by Gasteiger charge is -2.10. The fraction of sp³-hybridized carbons (Fsp3) is 0.538. The van der Waals surface area contributed by atoms with E-state index in [1.165, 1.54) is 0 Å². The maximum Gasteiger partial charge on any atom is 0.293 e. The average Bonchev–Trinajstić information content (AvgIpc) is 2.28. The van der Waals surface area contributed by atoms with Crippen LogP contribution in [0.4, 0.5) is 5.82 Å². The Labute approximate surface area is 102 Å². The van der Waals surface area contributed by atoms with Crippen LogP contribution in [-0.2, 0) is 6.54 Å². The Hall–Kier alpha value is -1.58. The second-order valence-electron chi connectivity index (χ2n) is 4.41. The largest absolute Gasteiger partial charge is 0.365 e. The van der Waals surface area contributed by atoms with Crippen LogP contribution >= 0.6 is 0 Å². The first-order valence-electron chi connectivity index (χ1n) is 6.05. The highest BCUT2D eigenvalue weighted by atomic mass is 16.1. The van der Waals surface area contributed by atoms with Crippen LogP contribution in [0.5, 0.6) is 0 Å². The summed E-state index contributed by atoms with van der Waals surface area (Å²) >= 11 is 0. The smallest absolute Gasteiger partial charge is 0.293 e. The number of rotatable bonds is 6. The summed E-state index contributed by atoms with van der Waals surface area (Å²) in [6.07, 6.45) is 8.36. The second-order valence-corrected chi connectivity index (χ2v) is 4.41. The lowest BCUT2D eigenvalue weighted by Crippen LogP contribution is -2.26. The molecule has 0 saturated heterocycles. The molecule has 0 aromatic carbocycles. The summed E-state index contributed by atoms with van der Waals surface area (Å²) in [4.78, 5) is 16.1. The summed E-state index contributed by atoms with van der Waals surface area (Å²) in [7, 11) is 0. The Morgan fingerprint density at radius 1 is 1.53 bits per heavy atom. The number of hydrogen-bond acceptors (Lipinski definition) is 3. The Balaban J connectivity index is 2.69. The first kappa shape index (κ1) is 13.5. The average molecular weight is 235 g/mol. The molecule has 1 aromatic heterocycles. The molecule has 0 aliphatic heterocycles. The molecular formula is C13H21N3O. The number of hydrogen-bond donors (Lipinski definition) is 1. The zero-order valence-corrected chi connectivity index (χ0v) is 10.8. The van der Waals surface area contributed by atoms with Crippen LogP contribution < -0.4 is 10.9 Å². The van der Waals surface area contributed by atoms with Gasteiger partial charge in [0.1, 0.15) is 0 Å². The van der Waals surface area contributed by atoms with Crippen molar-refractivity contribution in [3.63, 3.8) is 0 Å². The predicted molar refractivity (Wildman–Crippen MR) is 71.3 cm³/mol. The van der Waals surface area contributed by atoms with E-state index in [4.69, 9.17) is 0 Å². The third-order valence-electron chi connectivity index (χ3n) is 2.31. The SMILES string of the molecule is C/C=C/CCNc1nccn(CC(C)C)c1=O. The van der Waals surface area contributed by atoms with Crippen LogP contribution in [0.3, 0.4) is 0 Å². The van der Waals surface area contributed by atoms with Crippen molar-refractivity contribution in [3.8, 4) is 0 Å². The van der Waals surface area contributed by atoms with Gasteiger partial charge in [0, 0.05) is 25.5 Å². The molecule has 0 aliphatic rings. The van der Waals surface area contributed by atoms with Gasteiger partial charge in [-0.2, -0.15) is 0 Å². The minimum Gasteiger partial charge on any atom is -0.365 e. The molecule has 0 aliphatic carbocycles. The summed E-state index contributed by atoms with van der Waals surface area (Å²) in [5.74, 6) is 0.892. The summed E-state index contributed by atoms with van der Waals surface area (Å²) in [5.41, 5.74) is -0.0401. The van der Waals surface area contributed by atoms with E-state index >= 15 is 0 Å². The van der Waals surface area contributed by atoms with Gasteiger partial charge in [-0.15, -0.1) is 0 Å². The molecule has 0 radical (unpaired) electrons. The number of anilines is 1. The lowest BCUT2D eigenvalue weighted by molar-refractivity contribution is 0.509. The topological polar surface area (TPSA) is 46.9 Å². The molecule has 1 N–H and O–H groups in total. The second kappa shape index (κ2) is 6.89. The molecule has 0 amide bonds. The molecular weight excluding hydrogens is 214 g/mol. The molecule has 0 atom stereocenters. The minimum atomic E-state index is -0.0401. The first-order valence-corrected chi connectivity index (χ1v) is 6.05. The van der Waals surface area contributed by atoms with E-state index < -0.39 is 0 Å². The van der Waals surface area contributed by atoms with Crippen molar-refractivity contribution in [3.05, 3.63) is 34.9 Å². The van der Waals surface area contributed by atoms with Crippen LogP contribution in [0.25, 0.3) is 0 Å². The normalized spacial score (nSPS) is 11.3. The summed E-state index contributed by atoms with van der Waals surface area (Å²) in [6.45, 7) is 7.62. The Morgan fingerprint density at radius 3 is 2.94 bits per heavy atom. The molecule has 1 heterocycles. The van der Waals surface area contributed by atoms with Crippen molar-refractivity contribution in [2.24, 2.45) is 5.92 Å². The van der Waals surface area contributed by atoms with Crippen molar-refractivity contribution in [1.82, 2.24) is 9.55 Å². The quantitative estimate of drug-likeness (QED) is 0.608. The van der Waals surface area contributed by atoms with Gasteiger partial charge in [0.15, 0.2) is 5.82 Å². The highest BCUT2D eigenvalue weighted by Gasteiger charge is 2.04. The standard InChI is InChI=1S/C13H21N3O/c1-4-5-6-7-14-12-13(17)16(9-8-15-12)10-11(2)3/h4-5,8-9,11H,6-7,10H2,1-3H3,(H,14,15)/b5-4+. The van der Waals surface area contributed by atoms with Gasteiger partial charge >= 0.3 is 0 Å². The molecule has 0 fully saturated rings. The van der Waals surface area contributed by atoms with Crippen molar-refractivity contribution >= 4 is 5.82 Å². The lowest BCUT2D eigenvalue weighted by atomic mass is 10.2. The molecule has 0 unspecified atom stereocenters. The Bertz CT molecular complexity index is 421. The predicted octanol–water partition coefficient (Wildman–Crippen LogP) is 2.28. The van der Waals surface area contributed by atoms with E-state index in [0.29, 0.717) is 11.7 Å². The third kappa shape index (κ3) is 4.43. The van der Waals surface area contributed by atoms with Crippen LogP contribution in [0.2, 0.25) is 0 Å². The van der Waals surface area contributed by atoms with Crippen molar-refractivity contribution in [1.29, 1.82) is 0 Å². The summed E-state index contributed by atoms with van der Waals surface area (Å²) in [6, 6.07) is 0. The highest BCUT2D eigenvalue weighted by molar-refractivity contribution is 5.30. The van der Waals surface area contributed by atoms with Crippen LogP contribution in [0, 0.1) is 5.92 Å². The van der Waals surface area contributed by atoms with E-state index in [1.54, 1.807) is 17.0 Å². The van der Waals surface area contributed by atoms with E-state index in [-0.39, 0.29) is 5.56 Å². The van der Waals surface area contributed by atoms with Crippen molar-refractivity contribution < 1.29 is 0 Å². The maximum absolute atomic E-state index is 12.0. The molecule has 0 spiro atoms. The van der Waals surface area contributed by atoms with E-state index in [0.717, 1.165) is 19.5 Å². The van der Waals surface area contributed by atoms with Gasteiger partial charge in [-0.05, 0) is 19.3 Å². The van der Waals surface area contributed by atoms with Gasteiger partial charge in [-0.25, -0.2) is 4.98 Å². The van der Waals surface area contributed by atoms with Crippen molar-refractivity contribution in [2.75, 3.05) is 11.9 Å². The van der Waals surface area contributed by atoms with Gasteiger partial charge in [0.2, 0.25) is 0 Å². The number of aromatic nitrogens is 2. The highest BCUT2D eigenvalue weighted by Crippen LogP contribution is 1.98. The fourth-order valence-corrected chi connectivity index (χ4v) is 1.55. The molecule has 17 heavy (non-hydrogen) atoms. The Kier molecular flexibility index (Phi) is 5.46. The van der Waals surface area contributed by atoms with Crippen LogP contribution in [0.15, 0.2) is 29.3 Å². The number of nitrogens with one attached hydrogen (secondary N) is 1. The van der Waals surface area contributed by atoms with Crippen molar-refractivity contribution in [2.45, 2.75) is 33.7 Å². The van der Waals surface area contributed by atoms with Crippen LogP contribution in [-0.4, -0.2) is 16.1 Å². The van der Waals surface area contributed by atoms with E-state index in [9.17, 15) is 4.79 Å². The number of allylic oxidation sites excluding steroid dienone is 1. The zero-order valence-electron chi connectivity index (χ0n) is 10.8. The van der Waals surface area contributed by atoms with Crippen LogP contribution in [0.1, 0.15) is 27.2 Å². The zero-order chi connectivity index (χ0) is 12.7. The van der Waals surface area contributed by atoms with E-state index in [2.05, 4.69) is 30.2 Å². The monoisotopic (exact) mass is 235 g/mol. The molecule has 0 saturated carbocycles. The first-order chi connectivity index (χ1) is 8.15. The molecule has 4 nitrogen and oxygen atoms in total. The fourth-order valence-electron chi connectivity index (χ4n) is 1.55.